The third-order valence-corrected chi connectivity index (χ3v) is 5.05. The predicted octanol–water partition coefficient (Wildman–Crippen LogP) is 4.12. The summed E-state index contributed by atoms with van der Waals surface area (Å²) in [6.45, 7) is 0.801. The minimum absolute atomic E-state index is 0.135. The van der Waals surface area contributed by atoms with E-state index in [1.54, 1.807) is 11.3 Å². The molecule has 1 atom stereocenters. The Morgan fingerprint density at radius 1 is 1.35 bits per heavy atom. The van der Waals surface area contributed by atoms with Crippen LogP contribution in [0.5, 0.6) is 0 Å². The summed E-state index contributed by atoms with van der Waals surface area (Å²) in [4.78, 5) is 5.55. The molecule has 1 aliphatic heterocycles. The first-order chi connectivity index (χ1) is 9.81. The first-order valence-corrected chi connectivity index (χ1v) is 7.89. The molecule has 4 nitrogen and oxygen atoms in total. The second kappa shape index (κ2) is 4.71. The molecule has 0 radical (unpaired) electrons. The van der Waals surface area contributed by atoms with Gasteiger partial charge in [-0.25, -0.2) is 0 Å². The number of nitrogens with zero attached hydrogens (tertiary/aromatic N) is 2. The monoisotopic (exact) mass is 347 g/mol. The summed E-state index contributed by atoms with van der Waals surface area (Å²) in [6.07, 6.45) is 0. The molecule has 3 aromatic rings. The molecule has 2 aromatic heterocycles. The zero-order valence-corrected chi connectivity index (χ0v) is 12.7. The molecule has 0 aliphatic carbocycles. The van der Waals surface area contributed by atoms with E-state index in [1.165, 1.54) is 5.56 Å². The Kier molecular flexibility index (Phi) is 2.85. The van der Waals surface area contributed by atoms with Gasteiger partial charge in [0.25, 0.3) is 0 Å². The van der Waals surface area contributed by atoms with Crippen LogP contribution in [0.4, 0.5) is 5.69 Å². The largest absolute Gasteiger partial charge is 0.384 e. The smallest absolute Gasteiger partial charge is 0.236 e. The Labute approximate surface area is 128 Å². The Bertz CT molecular complexity index is 767. The van der Waals surface area contributed by atoms with Crippen LogP contribution in [0.3, 0.4) is 0 Å². The van der Waals surface area contributed by atoms with E-state index in [-0.39, 0.29) is 5.92 Å². The lowest BCUT2D eigenvalue weighted by atomic mass is 10.0. The van der Waals surface area contributed by atoms with Crippen molar-refractivity contribution in [1.29, 1.82) is 0 Å². The van der Waals surface area contributed by atoms with E-state index < -0.39 is 0 Å². The lowest BCUT2D eigenvalue weighted by molar-refractivity contribution is 0.371. The molecule has 0 saturated heterocycles. The van der Waals surface area contributed by atoms with E-state index in [9.17, 15) is 0 Å². The molecule has 20 heavy (non-hydrogen) atoms. The van der Waals surface area contributed by atoms with Crippen LogP contribution in [0.2, 0.25) is 0 Å². The van der Waals surface area contributed by atoms with E-state index in [0.717, 1.165) is 21.6 Å². The highest BCUT2D eigenvalue weighted by Gasteiger charge is 2.28. The van der Waals surface area contributed by atoms with Gasteiger partial charge in [-0.05, 0) is 33.6 Å². The van der Waals surface area contributed by atoms with Crippen LogP contribution in [-0.4, -0.2) is 16.7 Å². The molecular formula is C14H10BrN3OS. The number of halogens is 1. The van der Waals surface area contributed by atoms with Gasteiger partial charge in [0.05, 0.1) is 10.8 Å². The number of rotatable bonds is 2. The molecular weight excluding hydrogens is 338 g/mol. The molecule has 0 bridgehead atoms. The number of fused-ring (bicyclic) bond motifs is 1. The molecule has 0 amide bonds. The summed E-state index contributed by atoms with van der Waals surface area (Å²) in [5.41, 5.74) is 2.37. The molecule has 0 saturated carbocycles. The molecule has 1 unspecified atom stereocenters. The molecule has 100 valence electrons. The maximum Gasteiger partial charge on any atom is 0.236 e. The number of hydrogen-bond donors (Lipinski definition) is 1. The van der Waals surface area contributed by atoms with E-state index >= 15 is 0 Å². The second-order valence-electron chi connectivity index (χ2n) is 4.61. The third kappa shape index (κ3) is 1.96. The molecule has 1 aromatic carbocycles. The van der Waals surface area contributed by atoms with Crippen LogP contribution in [0, 0.1) is 0 Å². The summed E-state index contributed by atoms with van der Waals surface area (Å²) >= 11 is 5.03. The van der Waals surface area contributed by atoms with Crippen molar-refractivity contribution < 1.29 is 4.52 Å². The van der Waals surface area contributed by atoms with Crippen LogP contribution in [0.15, 0.2) is 44.7 Å². The quantitative estimate of drug-likeness (QED) is 0.757. The van der Waals surface area contributed by atoms with Crippen molar-refractivity contribution >= 4 is 33.0 Å². The van der Waals surface area contributed by atoms with Crippen molar-refractivity contribution in [2.45, 2.75) is 5.92 Å². The van der Waals surface area contributed by atoms with Gasteiger partial charge in [0.2, 0.25) is 11.7 Å². The lowest BCUT2D eigenvalue weighted by Crippen LogP contribution is -2.03. The number of anilines is 1. The maximum atomic E-state index is 5.46. The lowest BCUT2D eigenvalue weighted by Gasteiger charge is -2.02. The van der Waals surface area contributed by atoms with E-state index in [4.69, 9.17) is 4.52 Å². The summed E-state index contributed by atoms with van der Waals surface area (Å²) < 4.78 is 6.50. The summed E-state index contributed by atoms with van der Waals surface area (Å²) in [7, 11) is 0. The van der Waals surface area contributed by atoms with E-state index in [1.807, 2.05) is 23.6 Å². The number of para-hydroxylation sites is 1. The first kappa shape index (κ1) is 12.1. The van der Waals surface area contributed by atoms with E-state index in [0.29, 0.717) is 11.7 Å². The molecule has 4 rings (SSSR count). The predicted molar refractivity (Wildman–Crippen MR) is 82.1 cm³/mol. The van der Waals surface area contributed by atoms with Gasteiger partial charge in [0, 0.05) is 22.1 Å². The fraction of sp³-hybridized carbons (Fsp3) is 0.143. The van der Waals surface area contributed by atoms with Gasteiger partial charge in [-0.15, -0.1) is 11.3 Å². The van der Waals surface area contributed by atoms with Crippen molar-refractivity contribution in [2.75, 3.05) is 11.9 Å². The van der Waals surface area contributed by atoms with Crippen LogP contribution < -0.4 is 5.32 Å². The fourth-order valence-electron chi connectivity index (χ4n) is 2.41. The highest BCUT2D eigenvalue weighted by molar-refractivity contribution is 9.10. The zero-order chi connectivity index (χ0) is 13.5. The Morgan fingerprint density at radius 3 is 3.10 bits per heavy atom. The van der Waals surface area contributed by atoms with Gasteiger partial charge in [0.1, 0.15) is 0 Å². The normalized spacial score (nSPS) is 16.9. The second-order valence-corrected chi connectivity index (χ2v) is 6.43. The molecule has 6 heteroatoms. The number of thiophene rings is 1. The van der Waals surface area contributed by atoms with Crippen LogP contribution >= 0.6 is 27.3 Å². The van der Waals surface area contributed by atoms with Gasteiger partial charge in [-0.3, -0.25) is 0 Å². The van der Waals surface area contributed by atoms with Crippen molar-refractivity contribution in [2.24, 2.45) is 0 Å². The molecule has 3 heterocycles. The number of benzene rings is 1. The van der Waals surface area contributed by atoms with Gasteiger partial charge >= 0.3 is 0 Å². The standard InChI is InChI=1S/C14H10BrN3OS/c15-8-5-12(20-7-8)13-17-14(19-18-13)10-6-16-11-4-2-1-3-9(10)11/h1-5,7,10,16H,6H2. The third-order valence-electron chi connectivity index (χ3n) is 3.36. The highest BCUT2D eigenvalue weighted by atomic mass is 79.9. The molecule has 1 N–H and O–H groups in total. The topological polar surface area (TPSA) is 51.0 Å². The fourth-order valence-corrected chi connectivity index (χ4v) is 3.76. The van der Waals surface area contributed by atoms with Gasteiger partial charge < -0.3 is 9.84 Å². The average Bonchev–Trinajstić information content (AvgIpc) is 3.15. The molecule has 0 spiro atoms. The van der Waals surface area contributed by atoms with Gasteiger partial charge in [-0.1, -0.05) is 23.4 Å². The summed E-state index contributed by atoms with van der Waals surface area (Å²) in [5.74, 6) is 1.46. The van der Waals surface area contributed by atoms with Crippen molar-refractivity contribution in [3.8, 4) is 10.7 Å². The highest BCUT2D eigenvalue weighted by Crippen LogP contribution is 2.36. The van der Waals surface area contributed by atoms with Gasteiger partial charge in [-0.2, -0.15) is 4.98 Å². The Balaban J connectivity index is 1.70. The SMILES string of the molecule is Brc1csc(-c2noc(C3CNc4ccccc43)n2)c1. The van der Waals surface area contributed by atoms with Crippen molar-refractivity contribution in [3.05, 3.63) is 51.6 Å². The minimum atomic E-state index is 0.135. The van der Waals surface area contributed by atoms with Crippen LogP contribution in [0.1, 0.15) is 17.4 Å². The van der Waals surface area contributed by atoms with Crippen molar-refractivity contribution in [1.82, 2.24) is 10.1 Å². The zero-order valence-electron chi connectivity index (χ0n) is 10.3. The average molecular weight is 348 g/mol. The van der Waals surface area contributed by atoms with Crippen LogP contribution in [0.25, 0.3) is 10.7 Å². The van der Waals surface area contributed by atoms with Crippen LogP contribution in [-0.2, 0) is 0 Å². The van der Waals surface area contributed by atoms with Crippen molar-refractivity contribution in [3.63, 3.8) is 0 Å². The number of hydrogen-bond acceptors (Lipinski definition) is 5. The summed E-state index contributed by atoms with van der Waals surface area (Å²) in [5, 5.41) is 9.47. The Hall–Kier alpha value is -1.66. The maximum absolute atomic E-state index is 5.46. The molecule has 1 aliphatic rings. The first-order valence-electron chi connectivity index (χ1n) is 6.22. The minimum Gasteiger partial charge on any atom is -0.384 e. The number of nitrogens with one attached hydrogen (secondary N) is 1. The van der Waals surface area contributed by atoms with E-state index in [2.05, 4.69) is 43.5 Å². The van der Waals surface area contributed by atoms with Gasteiger partial charge in [0.15, 0.2) is 0 Å². The molecule has 0 fully saturated rings. The summed E-state index contributed by atoms with van der Waals surface area (Å²) in [6, 6.07) is 10.2. The number of aromatic nitrogens is 2. The Morgan fingerprint density at radius 2 is 2.25 bits per heavy atom.